The molecule has 1 heterocycles. The van der Waals surface area contributed by atoms with E-state index in [2.05, 4.69) is 31.1 Å². The average Bonchev–Trinajstić information content (AvgIpc) is 2.53. The minimum atomic E-state index is -0.0579. The minimum absolute atomic E-state index is 0.0492. The van der Waals surface area contributed by atoms with Crippen LogP contribution in [0.25, 0.3) is 0 Å². The first-order chi connectivity index (χ1) is 7.03. The Hall–Kier alpha value is -0.610. The predicted octanol–water partition coefficient (Wildman–Crippen LogP) is 1.02. The molecule has 1 fully saturated rings. The highest BCUT2D eigenvalue weighted by atomic mass is 16.2. The molecule has 1 atom stereocenters. The molecule has 0 aromatic heterocycles. The highest BCUT2D eigenvalue weighted by molar-refractivity contribution is 5.81. The van der Waals surface area contributed by atoms with E-state index in [4.69, 9.17) is 5.84 Å². The maximum atomic E-state index is 11.7. The van der Waals surface area contributed by atoms with Crippen LogP contribution < -0.4 is 11.3 Å². The van der Waals surface area contributed by atoms with Gasteiger partial charge in [-0.15, -0.1) is 0 Å². The zero-order valence-corrected chi connectivity index (χ0v) is 10.0. The number of likely N-dealkylation sites (tertiary alicyclic amines) is 1. The highest BCUT2D eigenvalue weighted by Crippen LogP contribution is 2.31. The van der Waals surface area contributed by atoms with Crippen molar-refractivity contribution in [3.63, 3.8) is 0 Å². The van der Waals surface area contributed by atoms with Crippen molar-refractivity contribution in [1.29, 1.82) is 0 Å². The van der Waals surface area contributed by atoms with E-state index in [9.17, 15) is 4.79 Å². The highest BCUT2D eigenvalue weighted by Gasteiger charge is 2.38. The number of carbonyl (C=O) groups excluding carboxylic acids is 1. The second-order valence-corrected chi connectivity index (χ2v) is 4.92. The minimum Gasteiger partial charge on any atom is -0.293 e. The van der Waals surface area contributed by atoms with Crippen LogP contribution >= 0.6 is 0 Å². The van der Waals surface area contributed by atoms with Crippen LogP contribution in [0.3, 0.4) is 0 Å². The summed E-state index contributed by atoms with van der Waals surface area (Å²) in [5.74, 6) is 5.18. The van der Waals surface area contributed by atoms with Gasteiger partial charge in [0.15, 0.2) is 0 Å². The van der Waals surface area contributed by atoms with Gasteiger partial charge in [-0.3, -0.25) is 15.1 Å². The smallest absolute Gasteiger partial charge is 0.251 e. The Morgan fingerprint density at radius 1 is 1.60 bits per heavy atom. The monoisotopic (exact) mass is 213 g/mol. The Kier molecular flexibility index (Phi) is 4.11. The number of nitrogens with zero attached hydrogens (tertiary/aromatic N) is 1. The average molecular weight is 213 g/mol. The van der Waals surface area contributed by atoms with Gasteiger partial charge < -0.3 is 0 Å². The van der Waals surface area contributed by atoms with Crippen molar-refractivity contribution < 1.29 is 4.79 Å². The van der Waals surface area contributed by atoms with Crippen LogP contribution in [0.1, 0.15) is 46.5 Å². The third kappa shape index (κ3) is 2.69. The Morgan fingerprint density at radius 2 is 2.27 bits per heavy atom. The van der Waals surface area contributed by atoms with E-state index >= 15 is 0 Å². The number of hydrazine groups is 1. The number of hydrogen-bond donors (Lipinski definition) is 2. The lowest BCUT2D eigenvalue weighted by molar-refractivity contribution is -0.128. The molecule has 15 heavy (non-hydrogen) atoms. The van der Waals surface area contributed by atoms with Gasteiger partial charge in [0.25, 0.3) is 5.91 Å². The molecule has 0 radical (unpaired) electrons. The normalized spacial score (nSPS) is 22.7. The van der Waals surface area contributed by atoms with Gasteiger partial charge >= 0.3 is 0 Å². The third-order valence-electron chi connectivity index (χ3n) is 3.35. The summed E-state index contributed by atoms with van der Waals surface area (Å²) in [6, 6.07) is -0.0579. The van der Waals surface area contributed by atoms with E-state index in [0.29, 0.717) is 0 Å². The molecule has 1 aliphatic rings. The van der Waals surface area contributed by atoms with Crippen molar-refractivity contribution in [2.45, 2.75) is 58.0 Å². The summed E-state index contributed by atoms with van der Waals surface area (Å²) in [6.45, 7) is 7.50. The summed E-state index contributed by atoms with van der Waals surface area (Å²) in [6.07, 6.45) is 4.22. The molecule has 0 spiro atoms. The maximum Gasteiger partial charge on any atom is 0.251 e. The molecule has 4 heteroatoms. The molecule has 0 aliphatic carbocycles. The van der Waals surface area contributed by atoms with Crippen LogP contribution in [-0.2, 0) is 4.79 Å². The lowest BCUT2D eigenvalue weighted by Crippen LogP contribution is -2.53. The third-order valence-corrected chi connectivity index (χ3v) is 3.35. The molecule has 0 aromatic rings. The maximum absolute atomic E-state index is 11.7. The molecule has 1 rings (SSSR count). The molecular formula is C11H23N3O. The molecule has 88 valence electrons. The molecule has 0 saturated carbocycles. The second kappa shape index (κ2) is 4.94. The molecule has 1 unspecified atom stereocenters. The zero-order chi connectivity index (χ0) is 11.5. The quantitative estimate of drug-likeness (QED) is 0.416. The van der Waals surface area contributed by atoms with Crippen LogP contribution in [0, 0.1) is 0 Å². The van der Waals surface area contributed by atoms with E-state index in [1.807, 2.05) is 0 Å². The Morgan fingerprint density at radius 3 is 2.67 bits per heavy atom. The fourth-order valence-electron chi connectivity index (χ4n) is 2.50. The molecule has 1 saturated heterocycles. The number of nitrogens with two attached hydrogens (primary N) is 1. The Bertz CT molecular complexity index is 228. The summed E-state index contributed by atoms with van der Waals surface area (Å²) < 4.78 is 0. The summed E-state index contributed by atoms with van der Waals surface area (Å²) in [5, 5.41) is 0. The van der Waals surface area contributed by atoms with Crippen LogP contribution in [-0.4, -0.2) is 28.9 Å². The van der Waals surface area contributed by atoms with Crippen molar-refractivity contribution in [3.8, 4) is 0 Å². The Labute approximate surface area is 92.2 Å². The number of amides is 1. The molecule has 1 amide bonds. The standard InChI is InChI=1S/C11H23N3O/c1-4-6-9(10(15)13-12)14-8-5-7-11(14,2)3/h9H,4-8,12H2,1-3H3,(H,13,15). The first-order valence-electron chi connectivity index (χ1n) is 5.80. The van der Waals surface area contributed by atoms with E-state index in [1.165, 1.54) is 6.42 Å². The summed E-state index contributed by atoms with van der Waals surface area (Å²) in [7, 11) is 0. The SMILES string of the molecule is CCCC(C(=O)NN)N1CCCC1(C)C. The van der Waals surface area contributed by atoms with Crippen molar-refractivity contribution >= 4 is 5.91 Å². The van der Waals surface area contributed by atoms with Gasteiger partial charge in [0.05, 0.1) is 6.04 Å². The first kappa shape index (κ1) is 12.5. The van der Waals surface area contributed by atoms with Gasteiger partial charge in [0.2, 0.25) is 0 Å². The lowest BCUT2D eigenvalue weighted by atomic mass is 9.99. The fourth-order valence-corrected chi connectivity index (χ4v) is 2.50. The largest absolute Gasteiger partial charge is 0.293 e. The molecule has 4 nitrogen and oxygen atoms in total. The van der Waals surface area contributed by atoms with E-state index < -0.39 is 0 Å². The number of hydrogen-bond acceptors (Lipinski definition) is 3. The van der Waals surface area contributed by atoms with Crippen LogP contribution in [0.4, 0.5) is 0 Å². The van der Waals surface area contributed by atoms with Crippen LogP contribution in [0.5, 0.6) is 0 Å². The predicted molar refractivity (Wildman–Crippen MR) is 61.0 cm³/mol. The second-order valence-electron chi connectivity index (χ2n) is 4.92. The first-order valence-corrected chi connectivity index (χ1v) is 5.80. The zero-order valence-electron chi connectivity index (χ0n) is 10.0. The fraction of sp³-hybridized carbons (Fsp3) is 0.909. The van der Waals surface area contributed by atoms with E-state index in [0.717, 1.165) is 25.8 Å². The van der Waals surface area contributed by atoms with Crippen LogP contribution in [0.2, 0.25) is 0 Å². The van der Waals surface area contributed by atoms with Crippen molar-refractivity contribution in [3.05, 3.63) is 0 Å². The van der Waals surface area contributed by atoms with Gasteiger partial charge in [-0.25, -0.2) is 5.84 Å². The summed E-state index contributed by atoms with van der Waals surface area (Å²) >= 11 is 0. The van der Waals surface area contributed by atoms with Crippen molar-refractivity contribution in [2.75, 3.05) is 6.54 Å². The van der Waals surface area contributed by atoms with Gasteiger partial charge in [-0.1, -0.05) is 13.3 Å². The molecule has 0 aromatic carbocycles. The van der Waals surface area contributed by atoms with Crippen molar-refractivity contribution in [2.24, 2.45) is 5.84 Å². The topological polar surface area (TPSA) is 58.4 Å². The van der Waals surface area contributed by atoms with Gasteiger partial charge in [-0.05, 0) is 39.7 Å². The van der Waals surface area contributed by atoms with Gasteiger partial charge in [0.1, 0.15) is 0 Å². The molecule has 0 bridgehead atoms. The number of carbonyl (C=O) groups is 1. The lowest BCUT2D eigenvalue weighted by Gasteiger charge is -2.37. The van der Waals surface area contributed by atoms with Gasteiger partial charge in [-0.2, -0.15) is 0 Å². The summed E-state index contributed by atoms with van der Waals surface area (Å²) in [4.78, 5) is 14.0. The molecule has 3 N–H and O–H groups in total. The van der Waals surface area contributed by atoms with Crippen LogP contribution in [0.15, 0.2) is 0 Å². The van der Waals surface area contributed by atoms with Crippen molar-refractivity contribution in [1.82, 2.24) is 10.3 Å². The molecule has 1 aliphatic heterocycles. The van der Waals surface area contributed by atoms with E-state index in [-0.39, 0.29) is 17.5 Å². The van der Waals surface area contributed by atoms with E-state index in [1.54, 1.807) is 0 Å². The molecular weight excluding hydrogens is 190 g/mol. The number of nitrogens with one attached hydrogen (secondary N) is 1. The summed E-state index contributed by atoms with van der Waals surface area (Å²) in [5.41, 5.74) is 2.42. The number of rotatable bonds is 4. The Balaban J connectivity index is 2.75. The van der Waals surface area contributed by atoms with Gasteiger partial charge in [0, 0.05) is 5.54 Å².